The van der Waals surface area contributed by atoms with Gasteiger partial charge in [0.25, 0.3) is 0 Å². The van der Waals surface area contributed by atoms with Gasteiger partial charge in [-0.15, -0.1) is 0 Å². The molecule has 20 heavy (non-hydrogen) atoms. The lowest BCUT2D eigenvalue weighted by atomic mass is 9.89. The molecule has 0 aliphatic carbocycles. The Balaban J connectivity index is 2.53. The molecule has 118 valence electrons. The average Bonchev–Trinajstić information content (AvgIpc) is 2.45. The van der Waals surface area contributed by atoms with Crippen LogP contribution in [0.4, 0.5) is 0 Å². The Kier molecular flexibility index (Phi) is 8.20. The quantitative estimate of drug-likeness (QED) is 0.773. The molecule has 0 saturated carbocycles. The first kappa shape index (κ1) is 17.5. The van der Waals surface area contributed by atoms with Gasteiger partial charge in [-0.1, -0.05) is 46.5 Å². The van der Waals surface area contributed by atoms with Crippen molar-refractivity contribution in [3.05, 3.63) is 0 Å². The van der Waals surface area contributed by atoms with Gasteiger partial charge in [0.05, 0.1) is 12.0 Å². The fourth-order valence-corrected chi connectivity index (χ4v) is 3.10. The van der Waals surface area contributed by atoms with Crippen molar-refractivity contribution in [2.45, 2.75) is 78.2 Å². The van der Waals surface area contributed by atoms with Gasteiger partial charge in [0.15, 0.2) is 0 Å². The van der Waals surface area contributed by atoms with Crippen molar-refractivity contribution in [2.24, 2.45) is 17.8 Å². The SMILES string of the molecule is CC[C@@H]1CCCNC(=O)[C@H](C)[C@H](O)CC[C@H](C)CCC1. The second-order valence-corrected chi connectivity index (χ2v) is 6.68. The number of nitrogens with one attached hydrogen (secondary N) is 1. The first-order valence-electron chi connectivity index (χ1n) is 8.50. The van der Waals surface area contributed by atoms with E-state index in [-0.39, 0.29) is 11.8 Å². The molecular weight excluding hydrogens is 250 g/mol. The molecule has 1 amide bonds. The van der Waals surface area contributed by atoms with Crippen molar-refractivity contribution in [3.8, 4) is 0 Å². The first-order chi connectivity index (χ1) is 9.54. The summed E-state index contributed by atoms with van der Waals surface area (Å²) in [5, 5.41) is 13.1. The first-order valence-corrected chi connectivity index (χ1v) is 8.50. The van der Waals surface area contributed by atoms with Gasteiger partial charge in [0, 0.05) is 6.54 Å². The number of rotatable bonds is 1. The third-order valence-electron chi connectivity index (χ3n) is 4.92. The molecule has 1 heterocycles. The molecule has 0 unspecified atom stereocenters. The van der Waals surface area contributed by atoms with Crippen LogP contribution in [0.25, 0.3) is 0 Å². The van der Waals surface area contributed by atoms with E-state index in [0.717, 1.165) is 31.7 Å². The lowest BCUT2D eigenvalue weighted by molar-refractivity contribution is -0.128. The highest BCUT2D eigenvalue weighted by Gasteiger charge is 2.22. The monoisotopic (exact) mass is 283 g/mol. The van der Waals surface area contributed by atoms with E-state index in [0.29, 0.717) is 5.92 Å². The summed E-state index contributed by atoms with van der Waals surface area (Å²) >= 11 is 0. The average molecular weight is 283 g/mol. The maximum atomic E-state index is 12.0. The number of aliphatic hydroxyl groups is 1. The molecule has 4 atom stereocenters. The van der Waals surface area contributed by atoms with Crippen LogP contribution in [-0.2, 0) is 4.79 Å². The molecule has 1 saturated heterocycles. The van der Waals surface area contributed by atoms with Crippen LogP contribution in [0.3, 0.4) is 0 Å². The minimum Gasteiger partial charge on any atom is -0.392 e. The second-order valence-electron chi connectivity index (χ2n) is 6.68. The third-order valence-corrected chi connectivity index (χ3v) is 4.92. The largest absolute Gasteiger partial charge is 0.392 e. The highest BCUT2D eigenvalue weighted by molar-refractivity contribution is 5.78. The van der Waals surface area contributed by atoms with Crippen LogP contribution >= 0.6 is 0 Å². The van der Waals surface area contributed by atoms with Gasteiger partial charge in [0.2, 0.25) is 5.91 Å². The van der Waals surface area contributed by atoms with Gasteiger partial charge in [-0.2, -0.15) is 0 Å². The molecule has 2 N–H and O–H groups in total. The fraction of sp³-hybridized carbons (Fsp3) is 0.941. The smallest absolute Gasteiger partial charge is 0.225 e. The number of hydrogen-bond donors (Lipinski definition) is 2. The summed E-state index contributed by atoms with van der Waals surface area (Å²) in [7, 11) is 0. The minimum absolute atomic E-state index is 0.00950. The summed E-state index contributed by atoms with van der Waals surface area (Å²) in [6.07, 6.45) is 8.66. The minimum atomic E-state index is -0.496. The lowest BCUT2D eigenvalue weighted by Gasteiger charge is -2.22. The van der Waals surface area contributed by atoms with Crippen LogP contribution in [0, 0.1) is 17.8 Å². The summed E-state index contributed by atoms with van der Waals surface area (Å²) in [5.41, 5.74) is 0. The highest BCUT2D eigenvalue weighted by Crippen LogP contribution is 2.23. The molecule has 3 heteroatoms. The van der Waals surface area contributed by atoms with Crippen LogP contribution in [0.1, 0.15) is 72.1 Å². The zero-order valence-electron chi connectivity index (χ0n) is 13.5. The van der Waals surface area contributed by atoms with Crippen molar-refractivity contribution < 1.29 is 9.90 Å². The summed E-state index contributed by atoms with van der Waals surface area (Å²) in [6, 6.07) is 0. The summed E-state index contributed by atoms with van der Waals surface area (Å²) in [5.74, 6) is 1.19. The Morgan fingerprint density at radius 2 is 1.80 bits per heavy atom. The Morgan fingerprint density at radius 3 is 2.50 bits per heavy atom. The lowest BCUT2D eigenvalue weighted by Crippen LogP contribution is -2.36. The molecule has 1 aliphatic heterocycles. The van der Waals surface area contributed by atoms with Crippen molar-refractivity contribution >= 4 is 5.91 Å². The Hall–Kier alpha value is -0.570. The van der Waals surface area contributed by atoms with Crippen molar-refractivity contribution in [1.82, 2.24) is 5.32 Å². The fourth-order valence-electron chi connectivity index (χ4n) is 3.10. The summed E-state index contributed by atoms with van der Waals surface area (Å²) in [4.78, 5) is 12.0. The Bertz CT molecular complexity index is 280. The molecule has 0 aromatic heterocycles. The molecule has 0 spiro atoms. The standard InChI is InChI=1S/C17H33NO2/c1-4-15-8-5-7-13(2)10-11-16(19)14(3)17(20)18-12-6-9-15/h13-16,19H,4-12H2,1-3H3,(H,18,20)/t13-,14-,15+,16-/m1/s1. The van der Waals surface area contributed by atoms with Crippen LogP contribution in [0.2, 0.25) is 0 Å². The van der Waals surface area contributed by atoms with Gasteiger partial charge in [-0.05, 0) is 37.5 Å². The molecule has 1 rings (SSSR count). The zero-order valence-corrected chi connectivity index (χ0v) is 13.5. The third kappa shape index (κ3) is 6.25. The van der Waals surface area contributed by atoms with E-state index in [1.165, 1.54) is 32.1 Å². The maximum Gasteiger partial charge on any atom is 0.225 e. The Labute approximate surface area is 124 Å². The number of carbonyl (C=O) groups excluding carboxylic acids is 1. The molecule has 1 aliphatic rings. The molecule has 0 bridgehead atoms. The second kappa shape index (κ2) is 9.38. The normalized spacial score (nSPS) is 35.1. The number of hydrogen-bond acceptors (Lipinski definition) is 2. The van der Waals surface area contributed by atoms with Crippen LogP contribution in [0.15, 0.2) is 0 Å². The van der Waals surface area contributed by atoms with Crippen LogP contribution in [-0.4, -0.2) is 23.7 Å². The number of carbonyl (C=O) groups is 1. The van der Waals surface area contributed by atoms with E-state index >= 15 is 0 Å². The molecule has 1 fully saturated rings. The summed E-state index contributed by atoms with van der Waals surface area (Å²) in [6.45, 7) is 7.13. The van der Waals surface area contributed by atoms with E-state index in [1.54, 1.807) is 0 Å². The van der Waals surface area contributed by atoms with E-state index in [9.17, 15) is 9.90 Å². The van der Waals surface area contributed by atoms with Gasteiger partial charge >= 0.3 is 0 Å². The van der Waals surface area contributed by atoms with Gasteiger partial charge in [-0.3, -0.25) is 4.79 Å². The van der Waals surface area contributed by atoms with Crippen molar-refractivity contribution in [1.29, 1.82) is 0 Å². The molecule has 0 aromatic rings. The molecule has 0 radical (unpaired) electrons. The van der Waals surface area contributed by atoms with Crippen LogP contribution in [0.5, 0.6) is 0 Å². The maximum absolute atomic E-state index is 12.0. The molecule has 0 aromatic carbocycles. The van der Waals surface area contributed by atoms with Gasteiger partial charge < -0.3 is 10.4 Å². The number of amides is 1. The topological polar surface area (TPSA) is 49.3 Å². The van der Waals surface area contributed by atoms with Crippen molar-refractivity contribution in [2.75, 3.05) is 6.54 Å². The van der Waals surface area contributed by atoms with Gasteiger partial charge in [0.1, 0.15) is 0 Å². The van der Waals surface area contributed by atoms with E-state index in [2.05, 4.69) is 19.2 Å². The molecular formula is C17H33NO2. The van der Waals surface area contributed by atoms with Gasteiger partial charge in [-0.25, -0.2) is 0 Å². The predicted octanol–water partition coefficient (Wildman–Crippen LogP) is 3.51. The summed E-state index contributed by atoms with van der Waals surface area (Å²) < 4.78 is 0. The van der Waals surface area contributed by atoms with E-state index in [4.69, 9.17) is 0 Å². The predicted molar refractivity (Wildman–Crippen MR) is 83.4 cm³/mol. The van der Waals surface area contributed by atoms with E-state index < -0.39 is 6.10 Å². The molecule has 3 nitrogen and oxygen atoms in total. The highest BCUT2D eigenvalue weighted by atomic mass is 16.3. The zero-order chi connectivity index (χ0) is 15.0. The van der Waals surface area contributed by atoms with Crippen LogP contribution < -0.4 is 5.32 Å². The van der Waals surface area contributed by atoms with E-state index in [1.807, 2.05) is 6.92 Å². The number of aliphatic hydroxyl groups excluding tert-OH is 1. The van der Waals surface area contributed by atoms with Crippen molar-refractivity contribution in [3.63, 3.8) is 0 Å². The Morgan fingerprint density at radius 1 is 1.10 bits per heavy atom.